The van der Waals surface area contributed by atoms with E-state index >= 15 is 0 Å². The van der Waals surface area contributed by atoms with Gasteiger partial charge in [0, 0.05) is 11.7 Å². The van der Waals surface area contributed by atoms with Crippen LogP contribution in [0.1, 0.15) is 19.3 Å². The summed E-state index contributed by atoms with van der Waals surface area (Å²) in [6.45, 7) is 0. The average Bonchev–Trinajstić information content (AvgIpc) is 1.92. The molecule has 0 N–H and O–H groups in total. The van der Waals surface area contributed by atoms with Crippen molar-refractivity contribution in [3.8, 4) is 0 Å². The van der Waals surface area contributed by atoms with E-state index in [9.17, 15) is 4.79 Å². The maximum Gasteiger partial charge on any atom is 0.147 e. The number of alkyl halides is 1. The molecule has 0 radical (unpaired) electrons. The Labute approximate surface area is 91.3 Å². The lowest BCUT2D eigenvalue weighted by Crippen LogP contribution is -2.34. The maximum absolute atomic E-state index is 11.4. The van der Waals surface area contributed by atoms with E-state index < -0.39 is 8.46 Å². The fourth-order valence-electron chi connectivity index (χ4n) is 1.53. The van der Waals surface area contributed by atoms with E-state index in [1.165, 1.54) is 6.42 Å². The normalized spacial score (nSPS) is 33.5. The van der Waals surface area contributed by atoms with Crippen molar-refractivity contribution in [2.24, 2.45) is 0 Å². The maximum atomic E-state index is 11.4. The fourth-order valence-corrected chi connectivity index (χ4v) is 7.17. The van der Waals surface area contributed by atoms with Crippen LogP contribution in [0.5, 0.6) is 0 Å². The molecule has 0 aromatic carbocycles. The molecular formula is C8H14Br2OS. The van der Waals surface area contributed by atoms with E-state index in [4.69, 9.17) is 0 Å². The van der Waals surface area contributed by atoms with E-state index in [0.717, 1.165) is 12.8 Å². The molecule has 1 aliphatic carbocycles. The van der Waals surface area contributed by atoms with Crippen molar-refractivity contribution >= 4 is 45.0 Å². The molecular weight excluding hydrogens is 304 g/mol. The highest BCUT2D eigenvalue weighted by molar-refractivity contribution is 9.58. The van der Waals surface area contributed by atoms with Gasteiger partial charge in [-0.05, 0) is 40.2 Å². The van der Waals surface area contributed by atoms with Gasteiger partial charge in [0.05, 0.1) is 4.83 Å². The number of carbonyl (C=O) groups excluding carboxylic acids is 1. The number of halogens is 2. The highest BCUT2D eigenvalue weighted by Crippen LogP contribution is 2.57. The Bertz CT molecular complexity index is 188. The lowest BCUT2D eigenvalue weighted by molar-refractivity contribution is -0.119. The average molecular weight is 318 g/mol. The third-order valence-corrected chi connectivity index (χ3v) is 7.15. The highest BCUT2D eigenvalue weighted by atomic mass is 79.9. The number of ketones is 1. The molecule has 0 aromatic rings. The summed E-state index contributed by atoms with van der Waals surface area (Å²) in [4.78, 5) is 11.5. The summed E-state index contributed by atoms with van der Waals surface area (Å²) < 4.78 is 0. The zero-order chi connectivity index (χ0) is 9.35. The molecule has 1 fully saturated rings. The van der Waals surface area contributed by atoms with Gasteiger partial charge in [-0.25, -0.2) is 0 Å². The van der Waals surface area contributed by atoms with Crippen molar-refractivity contribution in [3.05, 3.63) is 0 Å². The molecule has 0 heterocycles. The number of hydrogen-bond acceptors (Lipinski definition) is 1. The smallest absolute Gasteiger partial charge is 0.147 e. The predicted molar refractivity (Wildman–Crippen MR) is 63.7 cm³/mol. The van der Waals surface area contributed by atoms with Gasteiger partial charge in [0.1, 0.15) is 5.78 Å². The second-order valence-corrected chi connectivity index (χ2v) is 12.7. The van der Waals surface area contributed by atoms with Gasteiger partial charge < -0.3 is 0 Å². The monoisotopic (exact) mass is 316 g/mol. The quantitative estimate of drug-likeness (QED) is 0.679. The minimum Gasteiger partial charge on any atom is -0.298 e. The van der Waals surface area contributed by atoms with Gasteiger partial charge in [0.15, 0.2) is 0 Å². The zero-order valence-electron chi connectivity index (χ0n) is 7.35. The first-order valence-corrected chi connectivity index (χ1v) is 9.28. The van der Waals surface area contributed by atoms with E-state index in [2.05, 4.69) is 43.3 Å². The fraction of sp³-hybridized carbons (Fsp3) is 0.875. The van der Waals surface area contributed by atoms with Crippen molar-refractivity contribution < 1.29 is 4.79 Å². The molecule has 2 atom stereocenters. The zero-order valence-corrected chi connectivity index (χ0v) is 11.3. The summed E-state index contributed by atoms with van der Waals surface area (Å²) in [6.07, 6.45) is 7.42. The molecule has 0 aliphatic heterocycles. The molecule has 1 saturated carbocycles. The number of carbonyl (C=O) groups is 1. The van der Waals surface area contributed by atoms with E-state index in [0.29, 0.717) is 11.0 Å². The highest BCUT2D eigenvalue weighted by Gasteiger charge is 2.35. The van der Waals surface area contributed by atoms with Gasteiger partial charge >= 0.3 is 0 Å². The van der Waals surface area contributed by atoms with Crippen LogP contribution in [0, 0.1) is 0 Å². The molecule has 0 amide bonds. The summed E-state index contributed by atoms with van der Waals surface area (Å²) in [5.41, 5.74) is 0. The van der Waals surface area contributed by atoms with Crippen molar-refractivity contribution in [1.29, 1.82) is 0 Å². The first kappa shape index (κ1) is 11.1. The van der Waals surface area contributed by atoms with E-state index in [1.54, 1.807) is 0 Å². The van der Waals surface area contributed by atoms with Gasteiger partial charge in [-0.15, -0.1) is 0 Å². The van der Waals surface area contributed by atoms with Gasteiger partial charge in [0.25, 0.3) is 0 Å². The molecule has 72 valence electrons. The Morgan fingerprint density at radius 2 is 2.08 bits per heavy atom. The molecule has 0 saturated heterocycles. The van der Waals surface area contributed by atoms with Gasteiger partial charge in [-0.2, -0.15) is 8.46 Å². The summed E-state index contributed by atoms with van der Waals surface area (Å²) in [5.74, 6) is 0.381. The lowest BCUT2D eigenvalue weighted by atomic mass is 9.99. The third kappa shape index (κ3) is 2.48. The Morgan fingerprint density at radius 3 is 2.50 bits per heavy atom. The number of Topliss-reactive ketones (excluding diaryl/α,β-unsaturated/α-hetero) is 1. The Hall–Kier alpha value is 0.980. The van der Waals surface area contributed by atoms with Gasteiger partial charge in [-0.1, -0.05) is 15.9 Å². The van der Waals surface area contributed by atoms with Crippen LogP contribution in [0.2, 0.25) is 0 Å². The van der Waals surface area contributed by atoms with Crippen LogP contribution in [0.15, 0.2) is 0 Å². The predicted octanol–water partition coefficient (Wildman–Crippen LogP) is 3.25. The van der Waals surface area contributed by atoms with Gasteiger partial charge in [-0.3, -0.25) is 4.79 Å². The van der Waals surface area contributed by atoms with Gasteiger partial charge in [0.2, 0.25) is 0 Å². The van der Waals surface area contributed by atoms with E-state index in [1.807, 2.05) is 0 Å². The van der Waals surface area contributed by atoms with Crippen LogP contribution in [-0.4, -0.2) is 28.4 Å². The summed E-state index contributed by atoms with van der Waals surface area (Å²) in [6, 6.07) is 0. The van der Waals surface area contributed by atoms with Crippen LogP contribution >= 0.6 is 39.2 Å². The van der Waals surface area contributed by atoms with Crippen molar-refractivity contribution in [2.45, 2.75) is 29.3 Å². The number of hydrogen-bond donors (Lipinski definition) is 0. The summed E-state index contributed by atoms with van der Waals surface area (Å²) in [5, 5.41) is 0.513. The van der Waals surface area contributed by atoms with Crippen LogP contribution in [0.4, 0.5) is 0 Å². The molecule has 4 heteroatoms. The second kappa shape index (κ2) is 4.01. The Kier molecular flexibility index (Phi) is 3.69. The molecule has 0 bridgehead atoms. The van der Waals surface area contributed by atoms with Crippen LogP contribution in [0.25, 0.3) is 0 Å². The minimum atomic E-state index is -0.763. The Morgan fingerprint density at radius 1 is 1.50 bits per heavy atom. The molecule has 12 heavy (non-hydrogen) atoms. The van der Waals surface area contributed by atoms with Crippen LogP contribution < -0.4 is 0 Å². The van der Waals surface area contributed by atoms with Crippen molar-refractivity contribution in [2.75, 3.05) is 12.5 Å². The first-order valence-electron chi connectivity index (χ1n) is 4.01. The Balaban J connectivity index is 2.70. The minimum absolute atomic E-state index is 0.0932. The summed E-state index contributed by atoms with van der Waals surface area (Å²) >= 11 is 7.21. The second-order valence-electron chi connectivity index (χ2n) is 3.58. The molecule has 1 rings (SSSR count). The molecule has 0 spiro atoms. The molecule has 0 aromatic heterocycles. The van der Waals surface area contributed by atoms with E-state index in [-0.39, 0.29) is 4.83 Å². The van der Waals surface area contributed by atoms with Crippen LogP contribution in [-0.2, 0) is 4.79 Å². The molecule has 1 nitrogen and oxygen atoms in total. The SMILES string of the molecule is CS(C)(Br)C1CCCC(=O)C1Br. The van der Waals surface area contributed by atoms with Crippen molar-refractivity contribution in [1.82, 2.24) is 0 Å². The summed E-state index contributed by atoms with van der Waals surface area (Å²) in [7, 11) is -0.763. The lowest BCUT2D eigenvalue weighted by Gasteiger charge is -2.39. The third-order valence-electron chi connectivity index (χ3n) is 2.27. The first-order chi connectivity index (χ1) is 5.43. The molecule has 1 aliphatic rings. The molecule has 2 unspecified atom stereocenters. The van der Waals surface area contributed by atoms with Crippen molar-refractivity contribution in [3.63, 3.8) is 0 Å². The van der Waals surface area contributed by atoms with Crippen LogP contribution in [0.3, 0.4) is 0 Å². The largest absolute Gasteiger partial charge is 0.298 e. The standard InChI is InChI=1S/C8H14Br2OS/c1-12(2,10)7-5-3-4-6(11)8(7)9/h7-8H,3-5H2,1-2H3. The number of rotatable bonds is 1. The topological polar surface area (TPSA) is 17.1 Å².